The first kappa shape index (κ1) is 16.9. The smallest absolute Gasteiger partial charge is 0.381 e. The Morgan fingerprint density at radius 2 is 2.11 bits per heavy atom. The summed E-state index contributed by atoms with van der Waals surface area (Å²) in [6.07, 6.45) is 2.84. The summed E-state index contributed by atoms with van der Waals surface area (Å²) >= 11 is 0. The quantitative estimate of drug-likeness (QED) is 0.556. The third kappa shape index (κ3) is 2.72. The minimum Gasteiger partial charge on any atom is -0.381 e. The number of alkyl halides is 3. The monoisotopic (exact) mass is 390 g/mol. The van der Waals surface area contributed by atoms with Crippen molar-refractivity contribution in [1.29, 1.82) is 0 Å². The molecule has 1 fully saturated rings. The molecule has 0 radical (unpaired) electrons. The van der Waals surface area contributed by atoms with Crippen molar-refractivity contribution < 1.29 is 17.9 Å². The van der Waals surface area contributed by atoms with Crippen molar-refractivity contribution in [1.82, 2.24) is 39.5 Å². The van der Waals surface area contributed by atoms with Gasteiger partial charge in [-0.15, -0.1) is 5.10 Å². The van der Waals surface area contributed by atoms with Gasteiger partial charge in [0.1, 0.15) is 11.4 Å². The van der Waals surface area contributed by atoms with Gasteiger partial charge in [0.05, 0.1) is 24.8 Å². The highest BCUT2D eigenvalue weighted by Gasteiger charge is 2.37. The molecule has 5 heterocycles. The van der Waals surface area contributed by atoms with Crippen LogP contribution in [0.5, 0.6) is 0 Å². The fraction of sp³-hybridized carbons (Fsp3) is 0.312. The molecule has 4 aromatic heterocycles. The Kier molecular flexibility index (Phi) is 3.69. The van der Waals surface area contributed by atoms with Gasteiger partial charge >= 0.3 is 6.18 Å². The van der Waals surface area contributed by atoms with Crippen molar-refractivity contribution in [2.75, 3.05) is 13.2 Å². The number of rotatable bonds is 3. The van der Waals surface area contributed by atoms with Crippen LogP contribution >= 0.6 is 0 Å². The Labute approximate surface area is 155 Å². The third-order valence-corrected chi connectivity index (χ3v) is 4.62. The van der Waals surface area contributed by atoms with Gasteiger partial charge in [0.25, 0.3) is 5.82 Å². The zero-order valence-corrected chi connectivity index (χ0v) is 14.2. The molecule has 4 aromatic rings. The molecular formula is C16H13F3N8O. The average Bonchev–Trinajstić information content (AvgIpc) is 3.47. The van der Waals surface area contributed by atoms with Crippen LogP contribution in [0.4, 0.5) is 13.2 Å². The number of hydrogen-bond acceptors (Lipinski definition) is 6. The molecule has 9 nitrogen and oxygen atoms in total. The maximum absolute atomic E-state index is 12.9. The van der Waals surface area contributed by atoms with Crippen LogP contribution in [0.1, 0.15) is 23.7 Å². The first-order valence-electron chi connectivity index (χ1n) is 8.45. The summed E-state index contributed by atoms with van der Waals surface area (Å²) in [5, 5.41) is 5.59. The summed E-state index contributed by atoms with van der Waals surface area (Å²) in [6, 6.07) is 0. The molecule has 0 bridgehead atoms. The summed E-state index contributed by atoms with van der Waals surface area (Å²) in [4.78, 5) is 19.3. The minimum atomic E-state index is -4.66. The Bertz CT molecular complexity index is 1120. The lowest BCUT2D eigenvalue weighted by atomic mass is 10.0. The number of nitrogens with one attached hydrogen (secondary N) is 2. The van der Waals surface area contributed by atoms with E-state index in [1.807, 2.05) is 6.20 Å². The molecular weight excluding hydrogens is 377 g/mol. The first-order chi connectivity index (χ1) is 13.5. The second kappa shape index (κ2) is 6.12. The lowest BCUT2D eigenvalue weighted by Gasteiger charge is -2.08. The number of ether oxygens (including phenoxy) is 1. The zero-order valence-electron chi connectivity index (χ0n) is 14.2. The topological polar surface area (TPSA) is 110 Å². The molecule has 1 unspecified atom stereocenters. The Morgan fingerprint density at radius 3 is 2.79 bits per heavy atom. The number of hydrogen-bond donors (Lipinski definition) is 2. The van der Waals surface area contributed by atoms with Crippen LogP contribution in [0, 0.1) is 0 Å². The van der Waals surface area contributed by atoms with Gasteiger partial charge in [-0.3, -0.25) is 9.50 Å². The normalized spacial score (nSPS) is 17.6. The van der Waals surface area contributed by atoms with E-state index in [0.717, 1.165) is 12.0 Å². The Hall–Kier alpha value is -3.28. The van der Waals surface area contributed by atoms with Gasteiger partial charge < -0.3 is 9.72 Å². The average molecular weight is 390 g/mol. The summed E-state index contributed by atoms with van der Waals surface area (Å²) in [6.45, 7) is 1.29. The van der Waals surface area contributed by atoms with Crippen LogP contribution in [-0.4, -0.2) is 52.7 Å². The highest BCUT2D eigenvalue weighted by molar-refractivity contribution is 5.76. The highest BCUT2D eigenvalue weighted by Crippen LogP contribution is 2.33. The number of aromatic nitrogens is 8. The summed E-state index contributed by atoms with van der Waals surface area (Å²) < 4.78 is 45.9. The van der Waals surface area contributed by atoms with Crippen LogP contribution in [0.2, 0.25) is 0 Å². The van der Waals surface area contributed by atoms with Gasteiger partial charge in [-0.1, -0.05) is 0 Å². The molecule has 12 heteroatoms. The van der Waals surface area contributed by atoms with Crippen molar-refractivity contribution in [3.63, 3.8) is 0 Å². The minimum absolute atomic E-state index is 0.104. The van der Waals surface area contributed by atoms with Gasteiger partial charge in [0.2, 0.25) is 5.78 Å². The molecule has 0 amide bonds. The van der Waals surface area contributed by atoms with Gasteiger partial charge in [-0.2, -0.15) is 13.2 Å². The van der Waals surface area contributed by atoms with Gasteiger partial charge in [0.15, 0.2) is 5.82 Å². The summed E-state index contributed by atoms with van der Waals surface area (Å²) in [7, 11) is 0. The van der Waals surface area contributed by atoms with Crippen molar-refractivity contribution in [2.24, 2.45) is 0 Å². The van der Waals surface area contributed by atoms with Crippen LogP contribution in [0.3, 0.4) is 0 Å². The summed E-state index contributed by atoms with van der Waals surface area (Å²) in [5.41, 5.74) is 2.21. The van der Waals surface area contributed by atoms with E-state index in [4.69, 9.17) is 4.74 Å². The molecule has 1 aliphatic rings. The van der Waals surface area contributed by atoms with Gasteiger partial charge in [0, 0.05) is 24.9 Å². The van der Waals surface area contributed by atoms with Gasteiger partial charge in [-0.05, 0) is 12.0 Å². The molecule has 1 saturated heterocycles. The largest absolute Gasteiger partial charge is 0.453 e. The Balaban J connectivity index is 1.70. The molecule has 1 aliphatic heterocycles. The van der Waals surface area contributed by atoms with E-state index in [1.165, 1.54) is 6.33 Å². The molecule has 144 valence electrons. The van der Waals surface area contributed by atoms with E-state index >= 15 is 0 Å². The zero-order chi connectivity index (χ0) is 19.3. The molecule has 0 aromatic carbocycles. The molecule has 0 aliphatic carbocycles. The predicted molar refractivity (Wildman–Crippen MR) is 89.1 cm³/mol. The second-order valence-electron chi connectivity index (χ2n) is 6.40. The number of imidazole rings is 2. The SMILES string of the molecule is FC(F)(F)c1n[nH]c(-c2nc3ncc(C4CCOC4)cn3c2-c2cnc[nH]2)n1. The number of fused-ring (bicyclic) bond motifs is 1. The fourth-order valence-electron chi connectivity index (χ4n) is 3.26. The molecule has 2 N–H and O–H groups in total. The van der Waals surface area contributed by atoms with E-state index < -0.39 is 12.0 Å². The van der Waals surface area contributed by atoms with Gasteiger partial charge in [-0.25, -0.2) is 19.9 Å². The molecule has 5 rings (SSSR count). The van der Waals surface area contributed by atoms with E-state index in [1.54, 1.807) is 16.8 Å². The number of H-pyrrole nitrogens is 2. The molecule has 28 heavy (non-hydrogen) atoms. The number of aromatic amines is 2. The highest BCUT2D eigenvalue weighted by atomic mass is 19.4. The van der Waals surface area contributed by atoms with Crippen molar-refractivity contribution >= 4 is 5.78 Å². The number of nitrogens with zero attached hydrogens (tertiary/aromatic N) is 6. The molecule has 0 spiro atoms. The Morgan fingerprint density at radius 1 is 1.21 bits per heavy atom. The van der Waals surface area contributed by atoms with Crippen LogP contribution in [0.25, 0.3) is 28.7 Å². The van der Waals surface area contributed by atoms with E-state index in [-0.39, 0.29) is 17.4 Å². The third-order valence-electron chi connectivity index (χ3n) is 4.62. The van der Waals surface area contributed by atoms with Crippen molar-refractivity contribution in [2.45, 2.75) is 18.5 Å². The molecule has 0 saturated carbocycles. The van der Waals surface area contributed by atoms with E-state index in [9.17, 15) is 13.2 Å². The maximum atomic E-state index is 12.9. The van der Waals surface area contributed by atoms with Crippen LogP contribution in [0.15, 0.2) is 24.9 Å². The van der Waals surface area contributed by atoms with E-state index in [0.29, 0.717) is 30.4 Å². The molecule has 1 atom stereocenters. The summed E-state index contributed by atoms with van der Waals surface area (Å²) in [5.74, 6) is -0.827. The lowest BCUT2D eigenvalue weighted by Crippen LogP contribution is -2.07. The first-order valence-corrected chi connectivity index (χ1v) is 8.45. The maximum Gasteiger partial charge on any atom is 0.453 e. The fourth-order valence-corrected chi connectivity index (χ4v) is 3.26. The standard InChI is InChI=1S/C16H13F3N8O/c17-16(18,19)14-24-13(25-26-14)11-12(10-4-20-7-22-10)27-5-9(3-21-15(27)23-11)8-1-2-28-6-8/h3-5,7-8H,1-2,6H2,(H,20,22)(H,24,25,26). The van der Waals surface area contributed by atoms with Crippen LogP contribution < -0.4 is 0 Å². The van der Waals surface area contributed by atoms with Crippen molar-refractivity contribution in [3.05, 3.63) is 36.3 Å². The second-order valence-corrected chi connectivity index (χ2v) is 6.40. The lowest BCUT2D eigenvalue weighted by molar-refractivity contribution is -0.144. The van der Waals surface area contributed by atoms with Crippen LogP contribution in [-0.2, 0) is 10.9 Å². The van der Waals surface area contributed by atoms with Crippen molar-refractivity contribution in [3.8, 4) is 22.9 Å². The van der Waals surface area contributed by atoms with E-state index in [2.05, 4.69) is 35.1 Å². The number of halogens is 3. The predicted octanol–water partition coefficient (Wildman–Crippen LogP) is 2.43.